The summed E-state index contributed by atoms with van der Waals surface area (Å²) in [5.74, 6) is 0. The molecule has 0 spiro atoms. The second-order valence-corrected chi connectivity index (χ2v) is 12.2. The number of aromatic nitrogens is 2. The largest absolute Gasteiger partial charge is 0.309 e. The lowest BCUT2D eigenvalue weighted by atomic mass is 9.97. The van der Waals surface area contributed by atoms with Crippen LogP contribution in [0.4, 0.5) is 0 Å². The number of benzene rings is 8. The molecule has 10 aromatic rings. The molecule has 0 aliphatic heterocycles. The van der Waals surface area contributed by atoms with Crippen molar-refractivity contribution in [2.24, 2.45) is 0 Å². The molecule has 8 aromatic carbocycles. The minimum atomic E-state index is 1.16. The van der Waals surface area contributed by atoms with E-state index >= 15 is 0 Å². The average Bonchev–Trinajstić information content (AvgIpc) is 3.63. The fourth-order valence-corrected chi connectivity index (χ4v) is 7.64. The summed E-state index contributed by atoms with van der Waals surface area (Å²) in [5, 5.41) is 10.0. The molecule has 0 saturated heterocycles. The van der Waals surface area contributed by atoms with Gasteiger partial charge >= 0.3 is 0 Å². The predicted molar refractivity (Wildman–Crippen MR) is 196 cm³/mol. The van der Waals surface area contributed by atoms with E-state index in [2.05, 4.69) is 179 Å². The molecule has 0 N–H and O–H groups in total. The van der Waals surface area contributed by atoms with Crippen molar-refractivity contribution >= 4 is 65.2 Å². The van der Waals surface area contributed by atoms with Gasteiger partial charge in [-0.25, -0.2) is 0 Å². The van der Waals surface area contributed by atoms with Crippen LogP contribution < -0.4 is 0 Å². The van der Waals surface area contributed by atoms with Gasteiger partial charge in [0.1, 0.15) is 0 Å². The molecule has 0 radical (unpaired) electrons. The zero-order valence-electron chi connectivity index (χ0n) is 25.1. The van der Waals surface area contributed by atoms with Crippen LogP contribution in [0.15, 0.2) is 170 Å². The van der Waals surface area contributed by atoms with Gasteiger partial charge in [0.05, 0.1) is 22.1 Å². The molecule has 0 bridgehead atoms. The highest BCUT2D eigenvalue weighted by Crippen LogP contribution is 2.43. The molecule has 2 nitrogen and oxygen atoms in total. The van der Waals surface area contributed by atoms with Crippen molar-refractivity contribution in [1.82, 2.24) is 9.13 Å². The van der Waals surface area contributed by atoms with Crippen molar-refractivity contribution < 1.29 is 0 Å². The molecular formula is C44H28N2. The van der Waals surface area contributed by atoms with Crippen molar-refractivity contribution in [3.8, 4) is 22.5 Å². The zero-order valence-corrected chi connectivity index (χ0v) is 25.1. The predicted octanol–water partition coefficient (Wildman–Crippen LogP) is 11.9. The third kappa shape index (κ3) is 3.59. The average molecular weight is 585 g/mol. The van der Waals surface area contributed by atoms with Gasteiger partial charge in [0.2, 0.25) is 0 Å². The smallest absolute Gasteiger partial charge is 0.0619 e. The van der Waals surface area contributed by atoms with E-state index in [0.717, 1.165) is 5.69 Å². The summed E-state index contributed by atoms with van der Waals surface area (Å²) < 4.78 is 4.93. The van der Waals surface area contributed by atoms with Crippen LogP contribution in [-0.4, -0.2) is 9.13 Å². The van der Waals surface area contributed by atoms with E-state index < -0.39 is 0 Å². The Hall–Kier alpha value is -6.12. The van der Waals surface area contributed by atoms with Crippen LogP contribution in [0.25, 0.3) is 87.7 Å². The lowest BCUT2D eigenvalue weighted by molar-refractivity contribution is 1.17. The third-order valence-electron chi connectivity index (χ3n) is 9.65. The summed E-state index contributed by atoms with van der Waals surface area (Å²) in [6.07, 6.45) is 0. The van der Waals surface area contributed by atoms with Crippen LogP contribution >= 0.6 is 0 Å². The molecule has 10 rings (SSSR count). The molecule has 0 amide bonds. The summed E-state index contributed by atoms with van der Waals surface area (Å²) >= 11 is 0. The Balaban J connectivity index is 1.41. The molecule has 0 aliphatic carbocycles. The van der Waals surface area contributed by atoms with Gasteiger partial charge < -0.3 is 9.13 Å². The Morgan fingerprint density at radius 3 is 1.76 bits per heavy atom. The van der Waals surface area contributed by atoms with Crippen LogP contribution in [0.1, 0.15) is 0 Å². The van der Waals surface area contributed by atoms with Crippen molar-refractivity contribution in [3.05, 3.63) is 170 Å². The van der Waals surface area contributed by atoms with Gasteiger partial charge in [0.15, 0.2) is 0 Å². The van der Waals surface area contributed by atoms with Gasteiger partial charge in [-0.3, -0.25) is 0 Å². The van der Waals surface area contributed by atoms with Crippen LogP contribution in [0.5, 0.6) is 0 Å². The van der Waals surface area contributed by atoms with Gasteiger partial charge in [-0.2, -0.15) is 0 Å². The van der Waals surface area contributed by atoms with Crippen molar-refractivity contribution in [2.45, 2.75) is 0 Å². The van der Waals surface area contributed by atoms with Crippen LogP contribution in [0, 0.1) is 0 Å². The fraction of sp³-hybridized carbons (Fsp3) is 0. The van der Waals surface area contributed by atoms with Gasteiger partial charge in [-0.15, -0.1) is 0 Å². The normalized spacial score (nSPS) is 11.9. The lowest BCUT2D eigenvalue weighted by Crippen LogP contribution is -1.97. The molecule has 0 saturated carbocycles. The van der Waals surface area contributed by atoms with Gasteiger partial charge in [0.25, 0.3) is 0 Å². The standard InChI is InChI=1S/C44H28N2/c1-3-13-29(14-4-1)38-26-33(25-31-16-8-9-19-34(31)38)46-43-28-42-39(27-40(43)37-24-23-30-15-7-10-20-35(30)44(37)46)36-21-11-12-22-41(36)45(42)32-17-5-2-6-18-32/h1-28H. The summed E-state index contributed by atoms with van der Waals surface area (Å²) in [4.78, 5) is 0. The Morgan fingerprint density at radius 2 is 0.935 bits per heavy atom. The minimum Gasteiger partial charge on any atom is -0.309 e. The summed E-state index contributed by atoms with van der Waals surface area (Å²) in [6, 6.07) is 62.0. The maximum absolute atomic E-state index is 2.51. The minimum absolute atomic E-state index is 1.16. The van der Waals surface area contributed by atoms with E-state index in [1.54, 1.807) is 0 Å². The van der Waals surface area contributed by atoms with Crippen LogP contribution in [-0.2, 0) is 0 Å². The van der Waals surface area contributed by atoms with Gasteiger partial charge in [0, 0.05) is 38.3 Å². The Kier molecular flexibility index (Phi) is 5.31. The first-order valence-electron chi connectivity index (χ1n) is 15.9. The number of para-hydroxylation sites is 2. The Morgan fingerprint density at radius 1 is 0.304 bits per heavy atom. The van der Waals surface area contributed by atoms with E-state index in [0.29, 0.717) is 0 Å². The lowest BCUT2D eigenvalue weighted by Gasteiger charge is -2.15. The molecule has 2 heterocycles. The Labute approximate surface area is 266 Å². The first kappa shape index (κ1) is 25.2. The molecule has 0 fully saturated rings. The highest BCUT2D eigenvalue weighted by atomic mass is 15.0. The molecule has 2 aromatic heterocycles. The molecule has 2 heteroatoms. The molecule has 0 atom stereocenters. The number of hydrogen-bond acceptors (Lipinski definition) is 0. The molecule has 0 unspecified atom stereocenters. The summed E-state index contributed by atoms with van der Waals surface area (Å²) in [7, 11) is 0. The van der Waals surface area contributed by atoms with Crippen molar-refractivity contribution in [2.75, 3.05) is 0 Å². The first-order valence-corrected chi connectivity index (χ1v) is 15.9. The van der Waals surface area contributed by atoms with Gasteiger partial charge in [-0.1, -0.05) is 127 Å². The molecular weight excluding hydrogens is 556 g/mol. The van der Waals surface area contributed by atoms with Gasteiger partial charge in [-0.05, 0) is 69.8 Å². The monoisotopic (exact) mass is 584 g/mol. The SMILES string of the molecule is c1ccc(-c2cc(-n3c4cc5c(cc4c4ccc6ccccc6c43)c3ccccc3n5-c3ccccc3)cc3ccccc23)cc1. The summed E-state index contributed by atoms with van der Waals surface area (Å²) in [6.45, 7) is 0. The van der Waals surface area contributed by atoms with E-state index in [1.165, 1.54) is 82.0 Å². The number of hydrogen-bond donors (Lipinski definition) is 0. The summed E-state index contributed by atoms with van der Waals surface area (Å²) in [5.41, 5.74) is 9.65. The van der Waals surface area contributed by atoms with E-state index in [1.807, 2.05) is 0 Å². The maximum Gasteiger partial charge on any atom is 0.0619 e. The van der Waals surface area contributed by atoms with Crippen LogP contribution in [0.2, 0.25) is 0 Å². The molecule has 214 valence electrons. The second-order valence-electron chi connectivity index (χ2n) is 12.2. The highest BCUT2D eigenvalue weighted by molar-refractivity contribution is 6.23. The third-order valence-corrected chi connectivity index (χ3v) is 9.65. The number of rotatable bonds is 3. The van der Waals surface area contributed by atoms with Crippen molar-refractivity contribution in [1.29, 1.82) is 0 Å². The maximum atomic E-state index is 2.51. The van der Waals surface area contributed by atoms with E-state index in [9.17, 15) is 0 Å². The zero-order chi connectivity index (χ0) is 30.2. The van der Waals surface area contributed by atoms with E-state index in [4.69, 9.17) is 0 Å². The quantitative estimate of drug-likeness (QED) is 0.195. The fourth-order valence-electron chi connectivity index (χ4n) is 7.64. The topological polar surface area (TPSA) is 9.86 Å². The van der Waals surface area contributed by atoms with E-state index in [-0.39, 0.29) is 0 Å². The number of nitrogens with zero attached hydrogens (tertiary/aromatic N) is 2. The first-order chi connectivity index (χ1) is 22.8. The molecule has 0 aliphatic rings. The highest BCUT2D eigenvalue weighted by Gasteiger charge is 2.20. The number of fused-ring (bicyclic) bond motifs is 9. The molecule has 46 heavy (non-hydrogen) atoms. The Bertz CT molecular complexity index is 2780. The van der Waals surface area contributed by atoms with Crippen LogP contribution in [0.3, 0.4) is 0 Å². The van der Waals surface area contributed by atoms with Crippen molar-refractivity contribution in [3.63, 3.8) is 0 Å². The second kappa shape index (κ2) is 9.69.